The molecule has 0 amide bonds. The van der Waals surface area contributed by atoms with Crippen molar-refractivity contribution in [2.45, 2.75) is 39.8 Å². The van der Waals surface area contributed by atoms with Crippen LogP contribution < -0.4 is 0 Å². The van der Waals surface area contributed by atoms with Crippen LogP contribution in [0, 0.1) is 19.7 Å². The minimum atomic E-state index is -0.972. The van der Waals surface area contributed by atoms with Crippen molar-refractivity contribution in [3.8, 4) is 11.1 Å². The van der Waals surface area contributed by atoms with Crippen LogP contribution in [-0.4, -0.2) is 19.8 Å². The number of halogens is 1. The number of hydrogen-bond acceptors (Lipinski definition) is 4. The third-order valence-corrected chi connectivity index (χ3v) is 5.98. The molecule has 0 bridgehead atoms. The van der Waals surface area contributed by atoms with E-state index >= 15 is 0 Å². The molecule has 0 unspecified atom stereocenters. The SMILES string of the molecule is Cc1noc(C)c1-c1cnc2c3ccc(C(C)(C)O)cc3n(Cc3ccc(F)cc3)c2c1. The molecule has 5 aromatic rings. The molecule has 5 rings (SSSR count). The van der Waals surface area contributed by atoms with Crippen LogP contribution in [0.2, 0.25) is 0 Å². The molecule has 1 N–H and O–H groups in total. The number of nitrogens with zero attached hydrogens (tertiary/aromatic N) is 3. The van der Waals surface area contributed by atoms with Gasteiger partial charge in [-0.3, -0.25) is 4.98 Å². The lowest BCUT2D eigenvalue weighted by atomic mass is 9.97. The van der Waals surface area contributed by atoms with Gasteiger partial charge in [-0.15, -0.1) is 0 Å². The molecule has 0 radical (unpaired) electrons. The van der Waals surface area contributed by atoms with Gasteiger partial charge in [-0.1, -0.05) is 29.4 Å². The molecular weight excluding hydrogens is 405 g/mol. The van der Waals surface area contributed by atoms with Crippen molar-refractivity contribution in [2.24, 2.45) is 0 Å². The smallest absolute Gasteiger partial charge is 0.141 e. The fraction of sp³-hybridized carbons (Fsp3) is 0.231. The highest BCUT2D eigenvalue weighted by Gasteiger charge is 2.21. The number of benzene rings is 2. The second kappa shape index (κ2) is 7.28. The Balaban J connectivity index is 1.79. The molecule has 0 aliphatic carbocycles. The highest BCUT2D eigenvalue weighted by Crippen LogP contribution is 2.35. The summed E-state index contributed by atoms with van der Waals surface area (Å²) in [7, 11) is 0. The lowest BCUT2D eigenvalue weighted by molar-refractivity contribution is 0.0787. The Morgan fingerprint density at radius 3 is 2.44 bits per heavy atom. The Kier molecular flexibility index (Phi) is 4.64. The Hall–Kier alpha value is -3.51. The third-order valence-electron chi connectivity index (χ3n) is 5.98. The van der Waals surface area contributed by atoms with Crippen LogP contribution in [0.5, 0.6) is 0 Å². The molecule has 0 spiro atoms. The lowest BCUT2D eigenvalue weighted by Crippen LogP contribution is -2.15. The van der Waals surface area contributed by atoms with Gasteiger partial charge in [-0.25, -0.2) is 4.39 Å². The van der Waals surface area contributed by atoms with Crippen LogP contribution in [0.4, 0.5) is 4.39 Å². The number of aromatic nitrogens is 3. The maximum atomic E-state index is 13.5. The summed E-state index contributed by atoms with van der Waals surface area (Å²) in [6.07, 6.45) is 1.85. The van der Waals surface area contributed by atoms with E-state index in [0.717, 1.165) is 55.6 Å². The van der Waals surface area contributed by atoms with Gasteiger partial charge in [0.2, 0.25) is 0 Å². The number of pyridine rings is 1. The molecule has 162 valence electrons. The standard InChI is InChI=1S/C26H24FN3O2/c1-15-24(16(2)32-29-15)18-11-23-25(28-13-18)21-10-7-19(26(3,4)31)12-22(21)30(23)14-17-5-8-20(27)9-6-17/h5-13,31H,14H2,1-4H3. The van der Waals surface area contributed by atoms with E-state index in [1.165, 1.54) is 12.1 Å². The van der Waals surface area contributed by atoms with Crippen molar-refractivity contribution in [2.75, 3.05) is 0 Å². The van der Waals surface area contributed by atoms with E-state index in [9.17, 15) is 9.50 Å². The van der Waals surface area contributed by atoms with E-state index in [1.54, 1.807) is 26.0 Å². The normalized spacial score (nSPS) is 12.2. The summed E-state index contributed by atoms with van der Waals surface area (Å²) in [6, 6.07) is 14.6. The van der Waals surface area contributed by atoms with Crippen molar-refractivity contribution >= 4 is 21.9 Å². The largest absolute Gasteiger partial charge is 0.386 e. The monoisotopic (exact) mass is 429 g/mol. The van der Waals surface area contributed by atoms with Crippen LogP contribution in [0.1, 0.15) is 36.4 Å². The molecular formula is C26H24FN3O2. The average Bonchev–Trinajstić information content (AvgIpc) is 3.25. The maximum absolute atomic E-state index is 13.5. The van der Waals surface area contributed by atoms with Crippen molar-refractivity contribution < 1.29 is 14.0 Å². The Morgan fingerprint density at radius 1 is 1.03 bits per heavy atom. The van der Waals surface area contributed by atoms with E-state index in [4.69, 9.17) is 9.51 Å². The predicted molar refractivity (Wildman–Crippen MR) is 123 cm³/mol. The third kappa shape index (κ3) is 3.37. The number of fused-ring (bicyclic) bond motifs is 3. The van der Waals surface area contributed by atoms with E-state index < -0.39 is 5.60 Å². The molecule has 0 saturated heterocycles. The topological polar surface area (TPSA) is 64.1 Å². The molecule has 0 aliphatic heterocycles. The Bertz CT molecular complexity index is 1440. The summed E-state index contributed by atoms with van der Waals surface area (Å²) in [6.45, 7) is 7.90. The molecule has 0 fully saturated rings. The highest BCUT2D eigenvalue weighted by molar-refractivity contribution is 6.07. The molecule has 0 aliphatic rings. The van der Waals surface area contributed by atoms with Gasteiger partial charge in [-0.2, -0.15) is 0 Å². The Labute approximate surface area is 185 Å². The van der Waals surface area contributed by atoms with E-state index in [2.05, 4.69) is 15.8 Å². The summed E-state index contributed by atoms with van der Waals surface area (Å²) in [5.41, 5.74) is 6.30. The van der Waals surface area contributed by atoms with Crippen molar-refractivity contribution in [1.82, 2.24) is 14.7 Å². The van der Waals surface area contributed by atoms with Gasteiger partial charge in [0, 0.05) is 29.3 Å². The average molecular weight is 429 g/mol. The zero-order valence-corrected chi connectivity index (χ0v) is 18.5. The van der Waals surface area contributed by atoms with Crippen molar-refractivity contribution in [1.29, 1.82) is 0 Å². The summed E-state index contributed by atoms with van der Waals surface area (Å²) in [4.78, 5) is 4.80. The number of rotatable bonds is 4. The zero-order valence-electron chi connectivity index (χ0n) is 18.5. The molecule has 3 heterocycles. The van der Waals surface area contributed by atoms with Crippen LogP contribution in [-0.2, 0) is 12.1 Å². The van der Waals surface area contributed by atoms with Crippen LogP contribution in [0.3, 0.4) is 0 Å². The molecule has 2 aromatic carbocycles. The quantitative estimate of drug-likeness (QED) is 0.388. The minimum Gasteiger partial charge on any atom is -0.386 e. The molecule has 5 nitrogen and oxygen atoms in total. The lowest BCUT2D eigenvalue weighted by Gasteiger charge is -2.18. The van der Waals surface area contributed by atoms with E-state index in [0.29, 0.717) is 6.54 Å². The van der Waals surface area contributed by atoms with Gasteiger partial charge in [0.1, 0.15) is 11.6 Å². The zero-order chi connectivity index (χ0) is 22.6. The van der Waals surface area contributed by atoms with Crippen LogP contribution >= 0.6 is 0 Å². The molecule has 6 heteroatoms. The molecule has 32 heavy (non-hydrogen) atoms. The fourth-order valence-corrected chi connectivity index (χ4v) is 4.31. The highest BCUT2D eigenvalue weighted by atomic mass is 19.1. The van der Waals surface area contributed by atoms with E-state index in [1.807, 2.05) is 38.2 Å². The van der Waals surface area contributed by atoms with E-state index in [-0.39, 0.29) is 5.82 Å². The first kappa shape index (κ1) is 20.4. The summed E-state index contributed by atoms with van der Waals surface area (Å²) in [5.74, 6) is 0.483. The number of aliphatic hydroxyl groups is 1. The van der Waals surface area contributed by atoms with Crippen LogP contribution in [0.15, 0.2) is 59.3 Å². The first-order valence-corrected chi connectivity index (χ1v) is 10.5. The summed E-state index contributed by atoms with van der Waals surface area (Å²) < 4.78 is 21.0. The summed E-state index contributed by atoms with van der Waals surface area (Å²) in [5, 5.41) is 15.7. The van der Waals surface area contributed by atoms with Gasteiger partial charge >= 0.3 is 0 Å². The molecule has 0 atom stereocenters. The molecule has 0 saturated carbocycles. The van der Waals surface area contributed by atoms with Gasteiger partial charge in [-0.05, 0) is 63.1 Å². The second-order valence-corrected chi connectivity index (χ2v) is 8.79. The van der Waals surface area contributed by atoms with Crippen molar-refractivity contribution in [3.05, 3.63) is 83.1 Å². The minimum absolute atomic E-state index is 0.261. The first-order valence-electron chi connectivity index (χ1n) is 10.5. The van der Waals surface area contributed by atoms with Gasteiger partial charge < -0.3 is 14.2 Å². The first-order chi connectivity index (χ1) is 15.2. The second-order valence-electron chi connectivity index (χ2n) is 8.79. The van der Waals surface area contributed by atoms with Gasteiger partial charge in [0.05, 0.1) is 27.8 Å². The maximum Gasteiger partial charge on any atom is 0.141 e. The van der Waals surface area contributed by atoms with Gasteiger partial charge in [0.15, 0.2) is 0 Å². The fourth-order valence-electron chi connectivity index (χ4n) is 4.31. The Morgan fingerprint density at radius 2 is 1.78 bits per heavy atom. The number of hydrogen-bond donors (Lipinski definition) is 1. The van der Waals surface area contributed by atoms with Crippen LogP contribution in [0.25, 0.3) is 33.1 Å². The summed E-state index contributed by atoms with van der Waals surface area (Å²) >= 11 is 0. The van der Waals surface area contributed by atoms with Crippen molar-refractivity contribution in [3.63, 3.8) is 0 Å². The molecule has 3 aromatic heterocycles. The van der Waals surface area contributed by atoms with Gasteiger partial charge in [0.25, 0.3) is 0 Å². The predicted octanol–water partition coefficient (Wildman–Crippen LogP) is 5.88. The number of aryl methyl sites for hydroxylation is 2.